The van der Waals surface area contributed by atoms with Crippen molar-refractivity contribution in [2.24, 2.45) is 35.2 Å². The first-order valence-corrected chi connectivity index (χ1v) is 36.9. The first-order chi connectivity index (χ1) is 48.0. The number of hydrogen-bond donors (Lipinski definition) is 0. The van der Waals surface area contributed by atoms with Crippen LogP contribution >= 0.6 is 0 Å². The second kappa shape index (κ2) is 40.0. The van der Waals surface area contributed by atoms with E-state index in [0.717, 1.165) is 48.9 Å². The van der Waals surface area contributed by atoms with Crippen molar-refractivity contribution in [3.63, 3.8) is 0 Å². The second-order valence-electron chi connectivity index (χ2n) is 31.9. The van der Waals surface area contributed by atoms with Gasteiger partial charge in [0, 0.05) is 90.1 Å². The van der Waals surface area contributed by atoms with Gasteiger partial charge in [0.2, 0.25) is 28.5 Å². The maximum Gasteiger partial charge on any atom is 0.212 e. The van der Waals surface area contributed by atoms with Crippen LogP contribution in [-0.4, -0.2) is 0 Å². The van der Waals surface area contributed by atoms with Crippen LogP contribution in [0.25, 0.3) is 56.3 Å². The van der Waals surface area contributed by atoms with Crippen molar-refractivity contribution in [1.82, 2.24) is 0 Å². The molecule has 0 radical (unpaired) electrons. The molecular formula is C100H150N5+5. The molecule has 10 aromatic rings. The molecule has 0 atom stereocenters. The largest absolute Gasteiger partial charge is 0.212 e. The predicted molar refractivity (Wildman–Crippen MR) is 463 cm³/mol. The summed E-state index contributed by atoms with van der Waals surface area (Å²) in [5.74, 6) is 0. The van der Waals surface area contributed by atoms with Crippen LogP contribution < -0.4 is 22.8 Å². The van der Waals surface area contributed by atoms with Crippen LogP contribution in [0.4, 0.5) is 0 Å². The molecule has 570 valence electrons. The van der Waals surface area contributed by atoms with E-state index in [9.17, 15) is 0 Å². The highest BCUT2D eigenvalue weighted by Gasteiger charge is 2.30. The third kappa shape index (κ3) is 23.4. The zero-order valence-corrected chi connectivity index (χ0v) is 67.6. The molecule has 5 heteroatoms. The fourth-order valence-corrected chi connectivity index (χ4v) is 13.4. The number of hydrogen-bond acceptors (Lipinski definition) is 0. The highest BCUT2D eigenvalue weighted by atomic mass is 14.9. The van der Waals surface area contributed by atoms with E-state index in [2.05, 4.69) is 382 Å². The van der Waals surface area contributed by atoms with Crippen molar-refractivity contribution in [3.8, 4) is 56.3 Å². The summed E-state index contributed by atoms with van der Waals surface area (Å²) in [4.78, 5) is 0. The highest BCUT2D eigenvalue weighted by Crippen LogP contribution is 2.36. The molecule has 5 aromatic heterocycles. The lowest BCUT2D eigenvalue weighted by atomic mass is 9.80. The Morgan fingerprint density at radius 2 is 0.505 bits per heavy atom. The zero-order chi connectivity index (χ0) is 77.1. The first kappa shape index (κ1) is 89.2. The van der Waals surface area contributed by atoms with Crippen LogP contribution in [-0.2, 0) is 62.3 Å². The molecule has 0 N–H and O–H groups in total. The zero-order valence-electron chi connectivity index (χ0n) is 70.6. The molecule has 5 aromatic carbocycles. The van der Waals surface area contributed by atoms with Crippen LogP contribution in [0.3, 0.4) is 0 Å². The predicted octanol–water partition coefficient (Wildman–Crippen LogP) is 25.6. The molecule has 105 heavy (non-hydrogen) atoms. The molecule has 0 aliphatic carbocycles. The van der Waals surface area contributed by atoms with Crippen molar-refractivity contribution in [2.75, 3.05) is 0 Å². The molecule has 0 spiro atoms. The third-order valence-corrected chi connectivity index (χ3v) is 22.3. The number of rotatable bonds is 15. The third-order valence-electron chi connectivity index (χ3n) is 22.3. The summed E-state index contributed by atoms with van der Waals surface area (Å²) in [5.41, 5.74) is 32.7. The highest BCUT2D eigenvalue weighted by molar-refractivity contribution is 5.66. The minimum atomic E-state index is -2.06. The van der Waals surface area contributed by atoms with Gasteiger partial charge in [0.05, 0.1) is 0 Å². The molecular weight excluding hydrogens is 1270 g/mol. The number of aromatic nitrogens is 5. The molecule has 0 saturated carbocycles. The summed E-state index contributed by atoms with van der Waals surface area (Å²) in [7, 11) is 10.6. The standard InChI is InChI=1S/C20H28N.3C19H26N.C18H24N.5CH4/c1-8-20(5,6)18-13-21(7)19(12-16(18)4)17-10-9-14(2)11-15(17)3;1-7-19(4,5)16-9-11-18(20(6)13-16)17-10-8-14(2)12-15(17)3;2*1-7-19(4,5)17-13-20(6)18(12-15(17)3)16-11-9-8-10-14(16)2;1-6-18(3,4)15-11-12-17(19(5)13-15)16-10-8-7-9-14(16)2;;;;;/h9-13H,8H2,1-7H3;3*8-13H,7H2,1-6H3;7-13H,6H2,1-5H3;5*1H4/q5*+1;;;;;/i2D3;;;;;;;;;. The lowest BCUT2D eigenvalue weighted by Crippen LogP contribution is -2.34. The van der Waals surface area contributed by atoms with Gasteiger partial charge in [0.15, 0.2) is 31.0 Å². The molecule has 0 aliphatic rings. The minimum Gasteiger partial charge on any atom is -0.201 e. The van der Waals surface area contributed by atoms with E-state index in [1.807, 2.05) is 13.0 Å². The van der Waals surface area contributed by atoms with E-state index >= 15 is 0 Å². The second-order valence-corrected chi connectivity index (χ2v) is 31.9. The van der Waals surface area contributed by atoms with Crippen molar-refractivity contribution < 1.29 is 26.9 Å². The van der Waals surface area contributed by atoms with Crippen molar-refractivity contribution in [1.29, 1.82) is 0 Å². The van der Waals surface area contributed by atoms with Gasteiger partial charge in [-0.25, -0.2) is 22.8 Å². The van der Waals surface area contributed by atoms with Gasteiger partial charge in [-0.3, -0.25) is 0 Å². The van der Waals surface area contributed by atoms with Crippen LogP contribution in [0.15, 0.2) is 183 Å². The van der Waals surface area contributed by atoms with Gasteiger partial charge >= 0.3 is 0 Å². The first-order valence-electron chi connectivity index (χ1n) is 38.4. The van der Waals surface area contributed by atoms with E-state index < -0.39 is 6.85 Å². The number of nitrogens with zero attached hydrogens (tertiary/aromatic N) is 5. The van der Waals surface area contributed by atoms with Crippen LogP contribution in [0, 0.1) is 69.2 Å². The topological polar surface area (TPSA) is 19.4 Å². The molecule has 10 rings (SSSR count). The molecule has 0 amide bonds. The van der Waals surface area contributed by atoms with Gasteiger partial charge in [0.1, 0.15) is 35.2 Å². The lowest BCUT2D eigenvalue weighted by molar-refractivity contribution is -0.661. The van der Waals surface area contributed by atoms with E-state index in [-0.39, 0.29) is 64.2 Å². The van der Waals surface area contributed by atoms with E-state index in [1.54, 1.807) is 12.1 Å². The lowest BCUT2D eigenvalue weighted by Gasteiger charge is -2.24. The summed E-state index contributed by atoms with van der Waals surface area (Å²) < 4.78 is 33.9. The minimum absolute atomic E-state index is 0. The van der Waals surface area contributed by atoms with Gasteiger partial charge in [-0.1, -0.05) is 231 Å². The fourth-order valence-electron chi connectivity index (χ4n) is 13.4. The van der Waals surface area contributed by atoms with Gasteiger partial charge in [-0.15, -0.1) is 0 Å². The number of pyridine rings is 5. The van der Waals surface area contributed by atoms with Crippen molar-refractivity contribution >= 4 is 0 Å². The maximum absolute atomic E-state index is 7.57. The molecule has 0 unspecified atom stereocenters. The van der Waals surface area contributed by atoms with E-state index in [1.165, 1.54) is 117 Å². The SMILES string of the molecule is C.C.C.C.C.CCC(C)(C)c1c[n+](C)c(-c2ccccc2C)cc1C.CCC(C)(C)c1c[n+](C)c(-c2ccccc2C)cc1C.CCC(C)(C)c1ccc(-c2ccc(C)cc2C)[n+](C)c1.CCC(C)(C)c1ccc(-c2ccccc2C)[n+](C)c1.[2H]C([2H])([2H])c1ccc(-c2cc(C)c(C(C)(C)CC)c[n+]2C)c(C)c1. The number of benzene rings is 5. The monoisotopic (exact) mass is 1420 g/mol. The summed E-state index contributed by atoms with van der Waals surface area (Å²) in [6, 6.07) is 53.7. The Kier molecular flexibility index (Phi) is 34.0. The van der Waals surface area contributed by atoms with Gasteiger partial charge in [0.25, 0.3) is 0 Å². The van der Waals surface area contributed by atoms with Crippen LogP contribution in [0.1, 0.15) is 261 Å². The maximum atomic E-state index is 7.57. The summed E-state index contributed by atoms with van der Waals surface area (Å²) in [6.07, 6.45) is 17.1. The summed E-state index contributed by atoms with van der Waals surface area (Å²) in [6.45, 7) is 51.6. The fraction of sp³-hybridized carbons (Fsp3) is 0.450. The smallest absolute Gasteiger partial charge is 0.201 e. The van der Waals surface area contributed by atoms with E-state index in [4.69, 9.17) is 4.11 Å². The van der Waals surface area contributed by atoms with Gasteiger partial charge < -0.3 is 0 Å². The Balaban J connectivity index is 0.000000669. The normalized spacial score (nSPS) is 11.7. The molecule has 0 fully saturated rings. The Morgan fingerprint density at radius 3 is 0.771 bits per heavy atom. The van der Waals surface area contributed by atoms with Crippen LogP contribution in [0.5, 0.6) is 0 Å². The summed E-state index contributed by atoms with van der Waals surface area (Å²) in [5, 5.41) is 0. The average molecular weight is 1430 g/mol. The molecule has 0 bridgehead atoms. The van der Waals surface area contributed by atoms with Gasteiger partial charge in [-0.2, -0.15) is 0 Å². The average Bonchev–Trinajstić information content (AvgIpc) is 0.749. The quantitative estimate of drug-likeness (QED) is 0.0912. The Morgan fingerprint density at radius 1 is 0.257 bits per heavy atom. The van der Waals surface area contributed by atoms with Crippen molar-refractivity contribution in [2.45, 2.75) is 269 Å². The molecule has 0 saturated heterocycles. The Labute approximate surface area is 650 Å². The van der Waals surface area contributed by atoms with Crippen molar-refractivity contribution in [3.05, 3.63) is 266 Å². The van der Waals surface area contributed by atoms with Crippen LogP contribution in [0.2, 0.25) is 0 Å². The molecule has 5 heterocycles. The summed E-state index contributed by atoms with van der Waals surface area (Å²) >= 11 is 0. The molecule has 0 aliphatic heterocycles. The van der Waals surface area contributed by atoms with E-state index in [0.29, 0.717) is 5.56 Å². The number of aryl methyl sites for hydroxylation is 15. The molecule has 5 nitrogen and oxygen atoms in total. The Bertz CT molecular complexity index is 4440. The van der Waals surface area contributed by atoms with Gasteiger partial charge in [-0.05, 0) is 215 Å². The Hall–Kier alpha value is -8.15.